The number of benzene rings is 1. The third-order valence-corrected chi connectivity index (χ3v) is 4.64. The van der Waals surface area contributed by atoms with Crippen LogP contribution in [0.25, 0.3) is 0 Å². The number of hydrogen-bond acceptors (Lipinski definition) is 2. The Kier molecular flexibility index (Phi) is 5.34. The van der Waals surface area contributed by atoms with Crippen LogP contribution in [-0.4, -0.2) is 20.7 Å². The second-order valence-corrected chi connectivity index (χ2v) is 6.69. The van der Waals surface area contributed by atoms with Gasteiger partial charge in [-0.2, -0.15) is 0 Å². The Balaban J connectivity index is 2.88. The van der Waals surface area contributed by atoms with Gasteiger partial charge in [-0.05, 0) is 38.3 Å². The summed E-state index contributed by atoms with van der Waals surface area (Å²) in [5.74, 6) is 0.434. The molecule has 96 valence electrons. The predicted molar refractivity (Wildman–Crippen MR) is 72.5 cm³/mol. The van der Waals surface area contributed by atoms with Gasteiger partial charge in [0, 0.05) is 4.90 Å². The van der Waals surface area contributed by atoms with Gasteiger partial charge in [0.05, 0.1) is 22.2 Å². The monoisotopic (exact) mass is 254 g/mol. The number of aliphatic hydroxyl groups is 1. The van der Waals surface area contributed by atoms with Crippen LogP contribution in [0.15, 0.2) is 29.2 Å². The Morgan fingerprint density at radius 1 is 1.18 bits per heavy atom. The smallest absolute Gasteiger partial charge is 0.0659 e. The number of hydrogen-bond donors (Lipinski definition) is 1. The Morgan fingerprint density at radius 2 is 1.71 bits per heavy atom. The van der Waals surface area contributed by atoms with Crippen molar-refractivity contribution in [2.45, 2.75) is 50.4 Å². The normalized spacial score (nSPS) is 16.8. The fourth-order valence-corrected chi connectivity index (χ4v) is 3.45. The zero-order valence-corrected chi connectivity index (χ0v) is 11.8. The van der Waals surface area contributed by atoms with Crippen molar-refractivity contribution in [1.82, 2.24) is 0 Å². The van der Waals surface area contributed by atoms with E-state index >= 15 is 0 Å². The molecule has 0 fully saturated rings. The third kappa shape index (κ3) is 4.25. The average Bonchev–Trinajstić information content (AvgIpc) is 2.25. The molecule has 0 heterocycles. The summed E-state index contributed by atoms with van der Waals surface area (Å²) < 4.78 is 12.4. The van der Waals surface area contributed by atoms with Crippen LogP contribution in [0.3, 0.4) is 0 Å². The molecule has 17 heavy (non-hydrogen) atoms. The van der Waals surface area contributed by atoms with Gasteiger partial charge in [-0.3, -0.25) is 4.21 Å². The van der Waals surface area contributed by atoms with Gasteiger partial charge in [-0.1, -0.05) is 31.5 Å². The molecular formula is C14H22O2S. The molecule has 1 N–H and O–H groups in total. The molecule has 0 amide bonds. The van der Waals surface area contributed by atoms with Crippen molar-refractivity contribution in [2.24, 2.45) is 5.92 Å². The lowest BCUT2D eigenvalue weighted by atomic mass is 10.1. The molecule has 1 aromatic carbocycles. The molecule has 0 aromatic heterocycles. The van der Waals surface area contributed by atoms with Gasteiger partial charge in [-0.25, -0.2) is 0 Å². The third-order valence-electron chi connectivity index (χ3n) is 2.77. The first-order valence-electron chi connectivity index (χ1n) is 6.07. The van der Waals surface area contributed by atoms with Gasteiger partial charge in [0.1, 0.15) is 0 Å². The minimum atomic E-state index is -1.13. The summed E-state index contributed by atoms with van der Waals surface area (Å²) in [4.78, 5) is 0.808. The molecule has 0 aliphatic rings. The molecule has 3 atom stereocenters. The highest BCUT2D eigenvalue weighted by Crippen LogP contribution is 2.20. The summed E-state index contributed by atoms with van der Waals surface area (Å²) in [6.45, 7) is 7.90. The first-order valence-corrected chi connectivity index (χ1v) is 7.28. The molecule has 2 nitrogen and oxygen atoms in total. The minimum absolute atomic E-state index is 0.183. The van der Waals surface area contributed by atoms with Gasteiger partial charge < -0.3 is 5.11 Å². The molecule has 3 heteroatoms. The van der Waals surface area contributed by atoms with E-state index in [4.69, 9.17) is 0 Å². The van der Waals surface area contributed by atoms with Crippen LogP contribution in [0.4, 0.5) is 0 Å². The second kappa shape index (κ2) is 6.31. The van der Waals surface area contributed by atoms with Crippen molar-refractivity contribution in [2.75, 3.05) is 0 Å². The molecule has 0 saturated carbocycles. The molecule has 0 spiro atoms. The Labute approximate surface area is 107 Å². The SMILES string of the molecule is Cc1ccc(S(=O)[C@@H](CC(C)C)[C@H](C)O)cc1. The summed E-state index contributed by atoms with van der Waals surface area (Å²) in [5.41, 5.74) is 1.16. The van der Waals surface area contributed by atoms with E-state index in [9.17, 15) is 9.32 Å². The molecule has 0 aliphatic carbocycles. The Bertz CT molecular complexity index is 368. The van der Waals surface area contributed by atoms with Gasteiger partial charge >= 0.3 is 0 Å². The molecule has 0 radical (unpaired) electrons. The lowest BCUT2D eigenvalue weighted by molar-refractivity contribution is 0.180. The van der Waals surface area contributed by atoms with Crippen LogP contribution in [0.1, 0.15) is 32.8 Å². The van der Waals surface area contributed by atoms with Crippen LogP contribution in [0.2, 0.25) is 0 Å². The first-order chi connectivity index (χ1) is 7.91. The lowest BCUT2D eigenvalue weighted by Crippen LogP contribution is -2.29. The van der Waals surface area contributed by atoms with E-state index in [1.165, 1.54) is 0 Å². The van der Waals surface area contributed by atoms with Crippen LogP contribution in [0, 0.1) is 12.8 Å². The van der Waals surface area contributed by atoms with Crippen molar-refractivity contribution in [3.05, 3.63) is 29.8 Å². The van der Waals surface area contributed by atoms with E-state index in [0.717, 1.165) is 16.9 Å². The predicted octanol–water partition coefficient (Wildman–Crippen LogP) is 2.90. The number of aryl methyl sites for hydroxylation is 1. The highest BCUT2D eigenvalue weighted by molar-refractivity contribution is 7.85. The topological polar surface area (TPSA) is 37.3 Å². The van der Waals surface area contributed by atoms with Crippen molar-refractivity contribution in [1.29, 1.82) is 0 Å². The van der Waals surface area contributed by atoms with Gasteiger partial charge in [0.25, 0.3) is 0 Å². The maximum absolute atomic E-state index is 12.4. The zero-order valence-electron chi connectivity index (χ0n) is 11.0. The standard InChI is InChI=1S/C14H22O2S/c1-10(2)9-14(12(4)15)17(16)13-7-5-11(3)6-8-13/h5-8,10,12,14-15H,9H2,1-4H3/t12-,14-,17?/m0/s1. The van der Waals surface area contributed by atoms with E-state index in [-0.39, 0.29) is 5.25 Å². The maximum atomic E-state index is 12.4. The van der Waals surface area contributed by atoms with Crippen molar-refractivity contribution < 1.29 is 9.32 Å². The fourth-order valence-electron chi connectivity index (χ4n) is 1.78. The summed E-state index contributed by atoms with van der Waals surface area (Å²) in [6, 6.07) is 7.70. The van der Waals surface area contributed by atoms with Crippen molar-refractivity contribution in [3.8, 4) is 0 Å². The summed E-state index contributed by atoms with van der Waals surface area (Å²) in [6.07, 6.45) is 0.234. The molecule has 0 aliphatic heterocycles. The largest absolute Gasteiger partial charge is 0.392 e. The molecule has 0 saturated heterocycles. The van der Waals surface area contributed by atoms with Crippen molar-refractivity contribution in [3.63, 3.8) is 0 Å². The average molecular weight is 254 g/mol. The second-order valence-electron chi connectivity index (χ2n) is 5.02. The summed E-state index contributed by atoms with van der Waals surface area (Å²) >= 11 is 0. The molecule has 0 bridgehead atoms. The summed E-state index contributed by atoms with van der Waals surface area (Å²) in [5, 5.41) is 9.57. The number of rotatable bonds is 5. The first kappa shape index (κ1) is 14.4. The minimum Gasteiger partial charge on any atom is -0.392 e. The molecule has 1 unspecified atom stereocenters. The van der Waals surface area contributed by atoms with E-state index in [0.29, 0.717) is 5.92 Å². The molecule has 1 rings (SSSR count). The quantitative estimate of drug-likeness (QED) is 0.877. The van der Waals surface area contributed by atoms with E-state index < -0.39 is 16.9 Å². The number of aliphatic hydroxyl groups excluding tert-OH is 1. The fraction of sp³-hybridized carbons (Fsp3) is 0.571. The van der Waals surface area contributed by atoms with Gasteiger partial charge in [-0.15, -0.1) is 0 Å². The zero-order chi connectivity index (χ0) is 13.0. The highest BCUT2D eigenvalue weighted by atomic mass is 32.2. The molecular weight excluding hydrogens is 232 g/mol. The lowest BCUT2D eigenvalue weighted by Gasteiger charge is -2.21. The molecule has 1 aromatic rings. The van der Waals surface area contributed by atoms with E-state index in [1.54, 1.807) is 6.92 Å². The van der Waals surface area contributed by atoms with Crippen LogP contribution < -0.4 is 0 Å². The van der Waals surface area contributed by atoms with Gasteiger partial charge in [0.15, 0.2) is 0 Å². The van der Waals surface area contributed by atoms with E-state index in [1.807, 2.05) is 31.2 Å². The highest BCUT2D eigenvalue weighted by Gasteiger charge is 2.24. The van der Waals surface area contributed by atoms with Crippen LogP contribution >= 0.6 is 0 Å². The van der Waals surface area contributed by atoms with E-state index in [2.05, 4.69) is 13.8 Å². The Hall–Kier alpha value is -0.670. The van der Waals surface area contributed by atoms with Crippen molar-refractivity contribution >= 4 is 10.8 Å². The summed E-state index contributed by atoms with van der Waals surface area (Å²) in [7, 11) is -1.13. The van der Waals surface area contributed by atoms with Gasteiger partial charge in [0.2, 0.25) is 0 Å². The maximum Gasteiger partial charge on any atom is 0.0659 e. The Morgan fingerprint density at radius 3 is 2.12 bits per heavy atom. The van der Waals surface area contributed by atoms with Crippen LogP contribution in [-0.2, 0) is 10.8 Å². The van der Waals surface area contributed by atoms with Crippen LogP contribution in [0.5, 0.6) is 0 Å².